The van der Waals surface area contributed by atoms with E-state index >= 15 is 0 Å². The number of nitrogens with zero attached hydrogens (tertiary/aromatic N) is 2. The van der Waals surface area contributed by atoms with E-state index in [0.29, 0.717) is 22.8 Å². The Bertz CT molecular complexity index is 1210. The van der Waals surface area contributed by atoms with Crippen molar-refractivity contribution in [3.63, 3.8) is 0 Å². The molecule has 1 heterocycles. The standard InChI is InChI=1S/C26H22N2O3S/c1-19(29)28(23-13-6-3-7-14-23)26-27-22(18-32-26)17-31-25(30)24-15-9-8-12-21(24)16-20-10-4-2-5-11-20/h2-15,18H,16-17H2,1H3. The number of benzene rings is 3. The summed E-state index contributed by atoms with van der Waals surface area (Å²) in [4.78, 5) is 31.0. The highest BCUT2D eigenvalue weighted by atomic mass is 32.1. The summed E-state index contributed by atoms with van der Waals surface area (Å²) >= 11 is 1.34. The molecule has 0 atom stereocenters. The summed E-state index contributed by atoms with van der Waals surface area (Å²) in [7, 11) is 0. The Kier molecular flexibility index (Phi) is 6.72. The molecule has 4 aromatic rings. The van der Waals surface area contributed by atoms with Gasteiger partial charge in [-0.2, -0.15) is 0 Å². The van der Waals surface area contributed by atoms with Gasteiger partial charge in [0.05, 0.1) is 16.9 Å². The Hall–Kier alpha value is -3.77. The molecule has 0 radical (unpaired) electrons. The van der Waals surface area contributed by atoms with Gasteiger partial charge in [0.25, 0.3) is 0 Å². The van der Waals surface area contributed by atoms with Crippen LogP contribution in [0.1, 0.15) is 34.1 Å². The van der Waals surface area contributed by atoms with Crippen LogP contribution in [0.4, 0.5) is 10.8 Å². The van der Waals surface area contributed by atoms with E-state index in [4.69, 9.17) is 4.74 Å². The fourth-order valence-corrected chi connectivity index (χ4v) is 4.25. The molecule has 1 aromatic heterocycles. The second-order valence-electron chi connectivity index (χ2n) is 7.21. The Morgan fingerprint density at radius 3 is 2.28 bits per heavy atom. The molecule has 0 unspecified atom stereocenters. The Morgan fingerprint density at radius 1 is 0.906 bits per heavy atom. The number of para-hydroxylation sites is 1. The van der Waals surface area contributed by atoms with Gasteiger partial charge < -0.3 is 4.74 Å². The van der Waals surface area contributed by atoms with Crippen molar-refractivity contribution in [2.45, 2.75) is 20.0 Å². The van der Waals surface area contributed by atoms with E-state index in [1.165, 1.54) is 18.3 Å². The number of esters is 1. The van der Waals surface area contributed by atoms with Gasteiger partial charge in [-0.15, -0.1) is 11.3 Å². The summed E-state index contributed by atoms with van der Waals surface area (Å²) in [5.74, 6) is -0.526. The molecule has 1 amide bonds. The maximum Gasteiger partial charge on any atom is 0.338 e. The van der Waals surface area contributed by atoms with Crippen LogP contribution in [0.15, 0.2) is 90.3 Å². The molecule has 160 valence electrons. The highest BCUT2D eigenvalue weighted by Gasteiger charge is 2.19. The van der Waals surface area contributed by atoms with E-state index in [2.05, 4.69) is 4.98 Å². The van der Waals surface area contributed by atoms with Crippen LogP contribution >= 0.6 is 11.3 Å². The van der Waals surface area contributed by atoms with Crippen molar-refractivity contribution in [2.24, 2.45) is 0 Å². The van der Waals surface area contributed by atoms with Crippen molar-refractivity contribution in [3.05, 3.63) is 113 Å². The van der Waals surface area contributed by atoms with Gasteiger partial charge in [-0.25, -0.2) is 9.78 Å². The molecule has 0 aliphatic rings. The lowest BCUT2D eigenvalue weighted by Crippen LogP contribution is -2.22. The first-order valence-electron chi connectivity index (χ1n) is 10.2. The van der Waals surface area contributed by atoms with E-state index in [1.807, 2.05) is 78.9 Å². The summed E-state index contributed by atoms with van der Waals surface area (Å²) in [6.07, 6.45) is 0.650. The van der Waals surface area contributed by atoms with Crippen LogP contribution in [0.25, 0.3) is 0 Å². The molecule has 0 bridgehead atoms. The first kappa shape index (κ1) is 21.5. The van der Waals surface area contributed by atoms with E-state index < -0.39 is 5.97 Å². The van der Waals surface area contributed by atoms with Crippen molar-refractivity contribution in [2.75, 3.05) is 4.90 Å². The largest absolute Gasteiger partial charge is 0.456 e. The number of rotatable bonds is 7. The molecule has 32 heavy (non-hydrogen) atoms. The maximum absolute atomic E-state index is 12.8. The monoisotopic (exact) mass is 442 g/mol. The average Bonchev–Trinajstić information content (AvgIpc) is 3.27. The lowest BCUT2D eigenvalue weighted by Gasteiger charge is -2.17. The molecular formula is C26H22N2O3S. The molecule has 5 nitrogen and oxygen atoms in total. The second kappa shape index (κ2) is 10.0. The molecular weight excluding hydrogens is 420 g/mol. The number of carbonyl (C=O) groups excluding carboxylic acids is 2. The minimum atomic E-state index is -0.391. The Morgan fingerprint density at radius 2 is 1.56 bits per heavy atom. The molecule has 4 rings (SSSR count). The van der Waals surface area contributed by atoms with Crippen LogP contribution in [0, 0.1) is 0 Å². The van der Waals surface area contributed by atoms with Crippen LogP contribution < -0.4 is 4.90 Å². The highest BCUT2D eigenvalue weighted by Crippen LogP contribution is 2.29. The van der Waals surface area contributed by atoms with E-state index in [-0.39, 0.29) is 12.5 Å². The van der Waals surface area contributed by atoms with Gasteiger partial charge in [0, 0.05) is 12.3 Å². The normalized spacial score (nSPS) is 10.5. The fraction of sp³-hybridized carbons (Fsp3) is 0.115. The molecule has 0 spiro atoms. The predicted octanol–water partition coefficient (Wildman–Crippen LogP) is 5.78. The van der Waals surface area contributed by atoms with Gasteiger partial charge >= 0.3 is 5.97 Å². The topological polar surface area (TPSA) is 59.5 Å². The Balaban J connectivity index is 1.46. The number of thiazole rings is 1. The number of hydrogen-bond acceptors (Lipinski definition) is 5. The molecule has 3 aromatic carbocycles. The third-order valence-corrected chi connectivity index (χ3v) is 5.76. The third-order valence-electron chi connectivity index (χ3n) is 4.89. The zero-order valence-electron chi connectivity index (χ0n) is 17.6. The minimum Gasteiger partial charge on any atom is -0.456 e. The summed E-state index contributed by atoms with van der Waals surface area (Å²) in [6.45, 7) is 1.54. The van der Waals surface area contributed by atoms with Crippen LogP contribution in [0.2, 0.25) is 0 Å². The van der Waals surface area contributed by atoms with Crippen molar-refractivity contribution in [3.8, 4) is 0 Å². The molecule has 0 aliphatic carbocycles. The SMILES string of the molecule is CC(=O)N(c1ccccc1)c1nc(COC(=O)c2ccccc2Cc2ccccc2)cs1. The zero-order valence-corrected chi connectivity index (χ0v) is 18.4. The maximum atomic E-state index is 12.8. The van der Waals surface area contributed by atoms with Crippen LogP contribution in [0.5, 0.6) is 0 Å². The lowest BCUT2D eigenvalue weighted by atomic mass is 10.00. The van der Waals surface area contributed by atoms with E-state index in [9.17, 15) is 9.59 Å². The van der Waals surface area contributed by atoms with Gasteiger partial charge in [0.2, 0.25) is 5.91 Å². The predicted molar refractivity (Wildman–Crippen MR) is 126 cm³/mol. The number of hydrogen-bond donors (Lipinski definition) is 0. The summed E-state index contributed by atoms with van der Waals surface area (Å²) in [6, 6.07) is 26.8. The summed E-state index contributed by atoms with van der Waals surface area (Å²) in [5, 5.41) is 2.34. The summed E-state index contributed by atoms with van der Waals surface area (Å²) in [5.41, 5.74) is 3.92. The third kappa shape index (κ3) is 5.10. The number of carbonyl (C=O) groups is 2. The quantitative estimate of drug-likeness (QED) is 0.341. The average molecular weight is 443 g/mol. The van der Waals surface area contributed by atoms with Gasteiger partial charge in [-0.3, -0.25) is 9.69 Å². The van der Waals surface area contributed by atoms with Crippen molar-refractivity contribution in [1.82, 2.24) is 4.98 Å². The second-order valence-corrected chi connectivity index (χ2v) is 8.04. The van der Waals surface area contributed by atoms with Gasteiger partial charge in [-0.05, 0) is 35.7 Å². The van der Waals surface area contributed by atoms with Crippen molar-refractivity contribution in [1.29, 1.82) is 0 Å². The van der Waals surface area contributed by atoms with E-state index in [1.54, 1.807) is 16.3 Å². The molecule has 0 fully saturated rings. The molecule has 0 N–H and O–H groups in total. The summed E-state index contributed by atoms with van der Waals surface area (Å²) < 4.78 is 5.55. The Labute approximate surface area is 190 Å². The number of aromatic nitrogens is 1. The first-order valence-corrected chi connectivity index (χ1v) is 11.1. The number of anilines is 2. The van der Waals surface area contributed by atoms with Crippen molar-refractivity contribution < 1.29 is 14.3 Å². The lowest BCUT2D eigenvalue weighted by molar-refractivity contribution is -0.115. The molecule has 0 saturated carbocycles. The van der Waals surface area contributed by atoms with Gasteiger partial charge in [0.1, 0.15) is 6.61 Å². The van der Waals surface area contributed by atoms with Gasteiger partial charge in [0.15, 0.2) is 5.13 Å². The van der Waals surface area contributed by atoms with E-state index in [0.717, 1.165) is 16.8 Å². The zero-order chi connectivity index (χ0) is 22.3. The first-order chi connectivity index (χ1) is 15.6. The van der Waals surface area contributed by atoms with Gasteiger partial charge in [-0.1, -0.05) is 66.7 Å². The number of ether oxygens (including phenoxy) is 1. The van der Waals surface area contributed by atoms with Crippen molar-refractivity contribution >= 4 is 34.0 Å². The minimum absolute atomic E-state index is 0.0372. The van der Waals surface area contributed by atoms with Crippen LogP contribution in [-0.4, -0.2) is 16.9 Å². The van der Waals surface area contributed by atoms with Crippen LogP contribution in [-0.2, 0) is 22.6 Å². The van der Waals surface area contributed by atoms with Crippen LogP contribution in [0.3, 0.4) is 0 Å². The fourth-order valence-electron chi connectivity index (χ4n) is 3.38. The highest BCUT2D eigenvalue weighted by molar-refractivity contribution is 7.14. The molecule has 6 heteroatoms. The smallest absolute Gasteiger partial charge is 0.338 e. The number of amides is 1. The molecule has 0 saturated heterocycles. The molecule has 0 aliphatic heterocycles.